The summed E-state index contributed by atoms with van der Waals surface area (Å²) >= 11 is 0. The van der Waals surface area contributed by atoms with Gasteiger partial charge in [0, 0.05) is 6.54 Å². The zero-order valence-corrected chi connectivity index (χ0v) is 10.1. The fraction of sp³-hybridized carbons (Fsp3) is 0.357. The number of nitrogens with zero attached hydrogens (tertiary/aromatic N) is 1. The minimum Gasteiger partial charge on any atom is -0.348 e. The molecule has 1 amide bonds. The van der Waals surface area contributed by atoms with Gasteiger partial charge in [0.15, 0.2) is 0 Å². The molecule has 1 N–H and O–H groups in total. The number of amides is 1. The molecule has 2 atom stereocenters. The van der Waals surface area contributed by atoms with Crippen LogP contribution in [0.25, 0.3) is 0 Å². The third-order valence-electron chi connectivity index (χ3n) is 3.30. The molecule has 1 aliphatic rings. The van der Waals surface area contributed by atoms with Gasteiger partial charge in [0.2, 0.25) is 5.91 Å². The van der Waals surface area contributed by atoms with Crippen molar-refractivity contribution in [2.75, 3.05) is 13.6 Å². The standard InChI is InChI=1S/C14H18N2O/c1-3-13(17)15-12-9-10-16(2)14(12)11-7-5-4-6-8-11/h3-8,12,14H,1,9-10H2,2H3,(H,15,17). The largest absolute Gasteiger partial charge is 0.348 e. The van der Waals surface area contributed by atoms with Crippen LogP contribution in [0.3, 0.4) is 0 Å². The zero-order chi connectivity index (χ0) is 12.3. The molecular formula is C14H18N2O. The number of carbonyl (C=O) groups excluding carboxylic acids is 1. The van der Waals surface area contributed by atoms with Crippen molar-refractivity contribution >= 4 is 5.91 Å². The van der Waals surface area contributed by atoms with Crippen LogP contribution in [0.1, 0.15) is 18.0 Å². The Balaban J connectivity index is 2.17. The number of nitrogens with one attached hydrogen (secondary N) is 1. The maximum Gasteiger partial charge on any atom is 0.243 e. The topological polar surface area (TPSA) is 32.3 Å². The van der Waals surface area contributed by atoms with E-state index in [1.54, 1.807) is 0 Å². The van der Waals surface area contributed by atoms with E-state index in [1.165, 1.54) is 11.6 Å². The lowest BCUT2D eigenvalue weighted by molar-refractivity contribution is -0.117. The van der Waals surface area contributed by atoms with E-state index in [1.807, 2.05) is 18.2 Å². The van der Waals surface area contributed by atoms with Crippen molar-refractivity contribution in [3.05, 3.63) is 48.6 Å². The lowest BCUT2D eigenvalue weighted by Gasteiger charge is -2.25. The summed E-state index contributed by atoms with van der Waals surface area (Å²) in [5.41, 5.74) is 1.25. The molecule has 0 aromatic heterocycles. The Bertz CT molecular complexity index is 402. The zero-order valence-electron chi connectivity index (χ0n) is 10.1. The van der Waals surface area contributed by atoms with E-state index in [2.05, 4.69) is 36.0 Å². The summed E-state index contributed by atoms with van der Waals surface area (Å²) in [5.74, 6) is -0.0915. The van der Waals surface area contributed by atoms with Crippen molar-refractivity contribution in [1.82, 2.24) is 10.2 Å². The molecule has 1 aliphatic heterocycles. The average Bonchev–Trinajstić information content (AvgIpc) is 2.71. The number of likely N-dealkylation sites (N-methyl/N-ethyl adjacent to an activating group) is 1. The second-order valence-corrected chi connectivity index (χ2v) is 4.44. The highest BCUT2D eigenvalue weighted by molar-refractivity contribution is 5.87. The Kier molecular flexibility index (Phi) is 3.59. The summed E-state index contributed by atoms with van der Waals surface area (Å²) in [6.07, 6.45) is 2.32. The Morgan fingerprint density at radius 3 is 2.82 bits per heavy atom. The van der Waals surface area contributed by atoms with Crippen molar-refractivity contribution in [3.63, 3.8) is 0 Å². The fourth-order valence-corrected chi connectivity index (χ4v) is 2.48. The van der Waals surface area contributed by atoms with Crippen LogP contribution in [0.15, 0.2) is 43.0 Å². The first kappa shape index (κ1) is 11.9. The van der Waals surface area contributed by atoms with Crippen molar-refractivity contribution in [1.29, 1.82) is 0 Å². The predicted octanol–water partition coefficient (Wildman–Crippen LogP) is 1.73. The molecule has 3 heteroatoms. The highest BCUT2D eigenvalue weighted by Gasteiger charge is 2.33. The molecule has 90 valence electrons. The maximum absolute atomic E-state index is 11.4. The van der Waals surface area contributed by atoms with Gasteiger partial charge in [0.05, 0.1) is 12.1 Å². The molecule has 1 aromatic rings. The third-order valence-corrected chi connectivity index (χ3v) is 3.30. The molecule has 0 radical (unpaired) electrons. The van der Waals surface area contributed by atoms with Gasteiger partial charge in [0.1, 0.15) is 0 Å². The summed E-state index contributed by atoms with van der Waals surface area (Å²) in [6.45, 7) is 4.50. The smallest absolute Gasteiger partial charge is 0.243 e. The van der Waals surface area contributed by atoms with Crippen LogP contribution >= 0.6 is 0 Å². The molecule has 0 aliphatic carbocycles. The molecule has 1 fully saturated rings. The summed E-state index contributed by atoms with van der Waals surface area (Å²) < 4.78 is 0. The average molecular weight is 230 g/mol. The van der Waals surface area contributed by atoms with E-state index in [9.17, 15) is 4.79 Å². The maximum atomic E-state index is 11.4. The van der Waals surface area contributed by atoms with E-state index in [0.29, 0.717) is 0 Å². The van der Waals surface area contributed by atoms with Gasteiger partial charge >= 0.3 is 0 Å². The molecule has 1 heterocycles. The summed E-state index contributed by atoms with van der Waals surface area (Å²) in [5, 5.41) is 3.01. The van der Waals surface area contributed by atoms with Crippen LogP contribution in [0.5, 0.6) is 0 Å². The van der Waals surface area contributed by atoms with E-state index < -0.39 is 0 Å². The molecule has 1 aromatic carbocycles. The van der Waals surface area contributed by atoms with Crippen molar-refractivity contribution in [2.24, 2.45) is 0 Å². The molecule has 0 bridgehead atoms. The van der Waals surface area contributed by atoms with E-state index >= 15 is 0 Å². The van der Waals surface area contributed by atoms with Gasteiger partial charge in [-0.1, -0.05) is 36.9 Å². The molecule has 0 spiro atoms. The number of benzene rings is 1. The highest BCUT2D eigenvalue weighted by atomic mass is 16.1. The highest BCUT2D eigenvalue weighted by Crippen LogP contribution is 2.30. The molecule has 3 nitrogen and oxygen atoms in total. The fourth-order valence-electron chi connectivity index (χ4n) is 2.48. The normalized spacial score (nSPS) is 24.5. The first-order chi connectivity index (χ1) is 8.22. The van der Waals surface area contributed by atoms with Gasteiger partial charge in [-0.25, -0.2) is 0 Å². The van der Waals surface area contributed by atoms with Crippen LogP contribution in [0.2, 0.25) is 0 Å². The Morgan fingerprint density at radius 1 is 1.47 bits per heavy atom. The van der Waals surface area contributed by atoms with E-state index in [4.69, 9.17) is 0 Å². The molecule has 2 rings (SSSR count). The quantitative estimate of drug-likeness (QED) is 0.802. The first-order valence-electron chi connectivity index (χ1n) is 5.90. The lowest BCUT2D eigenvalue weighted by atomic mass is 10.0. The second kappa shape index (κ2) is 5.15. The van der Waals surface area contributed by atoms with Crippen LogP contribution in [-0.2, 0) is 4.79 Å². The Hall–Kier alpha value is -1.61. The summed E-state index contributed by atoms with van der Waals surface area (Å²) in [4.78, 5) is 13.7. The molecule has 0 saturated carbocycles. The molecule has 17 heavy (non-hydrogen) atoms. The second-order valence-electron chi connectivity index (χ2n) is 4.44. The van der Waals surface area contributed by atoms with Crippen LogP contribution < -0.4 is 5.32 Å². The number of hydrogen-bond acceptors (Lipinski definition) is 2. The third kappa shape index (κ3) is 2.56. The molecule has 2 unspecified atom stereocenters. The Morgan fingerprint density at radius 2 is 2.18 bits per heavy atom. The van der Waals surface area contributed by atoms with Gasteiger partial charge in [-0.15, -0.1) is 0 Å². The van der Waals surface area contributed by atoms with Gasteiger partial charge in [-0.05, 0) is 25.1 Å². The van der Waals surface area contributed by atoms with Crippen molar-refractivity contribution in [3.8, 4) is 0 Å². The number of likely N-dealkylation sites (tertiary alicyclic amines) is 1. The minimum atomic E-state index is -0.0915. The van der Waals surface area contributed by atoms with Crippen molar-refractivity contribution < 1.29 is 4.79 Å². The lowest BCUT2D eigenvalue weighted by Crippen LogP contribution is -2.38. The predicted molar refractivity (Wildman–Crippen MR) is 68.6 cm³/mol. The number of hydrogen-bond donors (Lipinski definition) is 1. The number of rotatable bonds is 3. The number of carbonyl (C=O) groups is 1. The van der Waals surface area contributed by atoms with Gasteiger partial charge in [-0.3, -0.25) is 9.69 Å². The van der Waals surface area contributed by atoms with Gasteiger partial charge in [-0.2, -0.15) is 0 Å². The van der Waals surface area contributed by atoms with Gasteiger partial charge in [0.25, 0.3) is 0 Å². The summed E-state index contributed by atoms with van der Waals surface area (Å²) in [6, 6.07) is 10.7. The van der Waals surface area contributed by atoms with Gasteiger partial charge < -0.3 is 5.32 Å². The first-order valence-corrected chi connectivity index (χ1v) is 5.90. The molecular weight excluding hydrogens is 212 g/mol. The van der Waals surface area contributed by atoms with Crippen LogP contribution in [0, 0.1) is 0 Å². The van der Waals surface area contributed by atoms with E-state index in [-0.39, 0.29) is 18.0 Å². The van der Waals surface area contributed by atoms with E-state index in [0.717, 1.165) is 13.0 Å². The van der Waals surface area contributed by atoms with Crippen LogP contribution in [-0.4, -0.2) is 30.4 Å². The van der Waals surface area contributed by atoms with Crippen LogP contribution in [0.4, 0.5) is 0 Å². The monoisotopic (exact) mass is 230 g/mol. The van der Waals surface area contributed by atoms with Crippen molar-refractivity contribution in [2.45, 2.75) is 18.5 Å². The SMILES string of the molecule is C=CC(=O)NC1CCN(C)C1c1ccccc1. The minimum absolute atomic E-state index is 0.0915. The Labute approximate surface area is 102 Å². The molecule has 1 saturated heterocycles. The summed E-state index contributed by atoms with van der Waals surface area (Å²) in [7, 11) is 2.09.